The first-order valence-electron chi connectivity index (χ1n) is 6.70. The fourth-order valence-electron chi connectivity index (χ4n) is 1.39. The summed E-state index contributed by atoms with van der Waals surface area (Å²) in [5.74, 6) is 0.425. The molecule has 0 aromatic heterocycles. The third kappa shape index (κ3) is 11.4. The number of nitrogens with one attached hydrogen (secondary N) is 2. The second kappa shape index (κ2) is 9.88. The van der Waals surface area contributed by atoms with Crippen molar-refractivity contribution in [2.24, 2.45) is 11.7 Å². The fraction of sp³-hybridized carbons (Fsp3) is 0.846. The van der Waals surface area contributed by atoms with E-state index in [2.05, 4.69) is 10.6 Å². The van der Waals surface area contributed by atoms with E-state index in [4.69, 9.17) is 5.73 Å². The molecular weight excluding hydrogens is 230 g/mol. The standard InChI is InChI=1S/C13H27N3O2/c1-10(2)9-16-13(18)7-8-15-12(17)6-4-5-11(3)14/h10-11H,4-9,14H2,1-3H3,(H,15,17)(H,16,18). The lowest BCUT2D eigenvalue weighted by Gasteiger charge is -2.08. The van der Waals surface area contributed by atoms with Gasteiger partial charge in [-0.3, -0.25) is 9.59 Å². The van der Waals surface area contributed by atoms with Gasteiger partial charge in [-0.05, 0) is 25.7 Å². The largest absolute Gasteiger partial charge is 0.356 e. The monoisotopic (exact) mass is 257 g/mol. The number of carbonyl (C=O) groups excluding carboxylic acids is 2. The number of hydrogen-bond acceptors (Lipinski definition) is 3. The Bertz CT molecular complexity index is 253. The highest BCUT2D eigenvalue weighted by molar-refractivity contribution is 5.78. The van der Waals surface area contributed by atoms with Gasteiger partial charge in [0.2, 0.25) is 11.8 Å². The maximum absolute atomic E-state index is 11.4. The normalized spacial score (nSPS) is 12.3. The quantitative estimate of drug-likeness (QED) is 0.571. The summed E-state index contributed by atoms with van der Waals surface area (Å²) < 4.78 is 0. The van der Waals surface area contributed by atoms with Crippen molar-refractivity contribution in [2.75, 3.05) is 13.1 Å². The number of carbonyl (C=O) groups is 2. The van der Waals surface area contributed by atoms with Crippen molar-refractivity contribution in [3.63, 3.8) is 0 Å². The van der Waals surface area contributed by atoms with Crippen LogP contribution in [0.25, 0.3) is 0 Å². The Morgan fingerprint density at radius 3 is 2.22 bits per heavy atom. The van der Waals surface area contributed by atoms with E-state index in [1.807, 2.05) is 20.8 Å². The minimum absolute atomic E-state index is 0.00712. The summed E-state index contributed by atoms with van der Waals surface area (Å²) in [7, 11) is 0. The lowest BCUT2D eigenvalue weighted by atomic mass is 10.1. The van der Waals surface area contributed by atoms with Crippen LogP contribution in [0.4, 0.5) is 0 Å². The van der Waals surface area contributed by atoms with Crippen molar-refractivity contribution in [3.8, 4) is 0 Å². The highest BCUT2D eigenvalue weighted by Gasteiger charge is 2.05. The molecule has 0 aliphatic carbocycles. The summed E-state index contributed by atoms with van der Waals surface area (Å²) in [5.41, 5.74) is 5.59. The second-order valence-corrected chi connectivity index (χ2v) is 5.17. The Morgan fingerprint density at radius 1 is 1.06 bits per heavy atom. The molecule has 0 rings (SSSR count). The summed E-state index contributed by atoms with van der Waals surface area (Å²) in [5, 5.41) is 5.54. The highest BCUT2D eigenvalue weighted by Crippen LogP contribution is 1.98. The summed E-state index contributed by atoms with van der Waals surface area (Å²) in [6.07, 6.45) is 2.46. The van der Waals surface area contributed by atoms with Gasteiger partial charge in [-0.1, -0.05) is 13.8 Å². The number of hydrogen-bond donors (Lipinski definition) is 3. The summed E-state index contributed by atoms with van der Waals surface area (Å²) in [6.45, 7) is 7.10. The summed E-state index contributed by atoms with van der Waals surface area (Å²) in [4.78, 5) is 22.7. The van der Waals surface area contributed by atoms with E-state index in [1.54, 1.807) is 0 Å². The predicted molar refractivity (Wildman–Crippen MR) is 73.0 cm³/mol. The molecule has 0 radical (unpaired) electrons. The molecule has 0 saturated heterocycles. The van der Waals surface area contributed by atoms with Crippen LogP contribution >= 0.6 is 0 Å². The van der Waals surface area contributed by atoms with Gasteiger partial charge in [0.15, 0.2) is 0 Å². The molecule has 0 aromatic carbocycles. The summed E-state index contributed by atoms with van der Waals surface area (Å²) in [6, 6.07) is 0.139. The Balaban J connectivity index is 3.47. The maximum Gasteiger partial charge on any atom is 0.221 e. The first-order valence-corrected chi connectivity index (χ1v) is 6.70. The SMILES string of the molecule is CC(C)CNC(=O)CCNC(=O)CCCC(C)N. The van der Waals surface area contributed by atoms with Gasteiger partial charge in [0, 0.05) is 32.0 Å². The van der Waals surface area contributed by atoms with Gasteiger partial charge >= 0.3 is 0 Å². The van der Waals surface area contributed by atoms with Crippen LogP contribution in [0.2, 0.25) is 0 Å². The lowest BCUT2D eigenvalue weighted by Crippen LogP contribution is -2.32. The van der Waals surface area contributed by atoms with Crippen LogP contribution in [0.3, 0.4) is 0 Å². The highest BCUT2D eigenvalue weighted by atomic mass is 16.2. The zero-order chi connectivity index (χ0) is 14.0. The zero-order valence-electron chi connectivity index (χ0n) is 11.8. The Kier molecular flexibility index (Phi) is 9.28. The van der Waals surface area contributed by atoms with E-state index in [-0.39, 0.29) is 17.9 Å². The van der Waals surface area contributed by atoms with Crippen LogP contribution in [-0.4, -0.2) is 30.9 Å². The van der Waals surface area contributed by atoms with Gasteiger partial charge in [-0.15, -0.1) is 0 Å². The maximum atomic E-state index is 11.4. The molecule has 1 atom stereocenters. The first kappa shape index (κ1) is 16.9. The van der Waals surface area contributed by atoms with Gasteiger partial charge in [0.25, 0.3) is 0 Å². The van der Waals surface area contributed by atoms with Crippen molar-refractivity contribution < 1.29 is 9.59 Å². The van der Waals surface area contributed by atoms with Crippen LogP contribution in [0, 0.1) is 5.92 Å². The van der Waals surface area contributed by atoms with Crippen LogP contribution in [0.5, 0.6) is 0 Å². The molecule has 0 fully saturated rings. The predicted octanol–water partition coefficient (Wildman–Crippen LogP) is 0.782. The second-order valence-electron chi connectivity index (χ2n) is 5.17. The van der Waals surface area contributed by atoms with Gasteiger partial charge in [-0.25, -0.2) is 0 Å². The lowest BCUT2D eigenvalue weighted by molar-refractivity contribution is -0.122. The van der Waals surface area contributed by atoms with E-state index < -0.39 is 0 Å². The molecule has 1 unspecified atom stereocenters. The molecule has 4 N–H and O–H groups in total. The number of amides is 2. The molecule has 106 valence electrons. The van der Waals surface area contributed by atoms with Crippen molar-refractivity contribution in [3.05, 3.63) is 0 Å². The third-order valence-electron chi connectivity index (χ3n) is 2.45. The van der Waals surface area contributed by atoms with Gasteiger partial charge < -0.3 is 16.4 Å². The van der Waals surface area contributed by atoms with E-state index in [0.717, 1.165) is 12.8 Å². The van der Waals surface area contributed by atoms with E-state index >= 15 is 0 Å². The topological polar surface area (TPSA) is 84.2 Å². The molecule has 2 amide bonds. The molecule has 0 saturated carbocycles. The van der Waals surface area contributed by atoms with E-state index in [1.165, 1.54) is 0 Å². The van der Waals surface area contributed by atoms with Gasteiger partial charge in [0.05, 0.1) is 0 Å². The molecule has 0 aliphatic rings. The molecule has 0 spiro atoms. The van der Waals surface area contributed by atoms with Crippen molar-refractivity contribution in [1.29, 1.82) is 0 Å². The van der Waals surface area contributed by atoms with Crippen molar-refractivity contribution >= 4 is 11.8 Å². The van der Waals surface area contributed by atoms with Crippen LogP contribution in [0.15, 0.2) is 0 Å². The Morgan fingerprint density at radius 2 is 1.67 bits per heavy atom. The number of nitrogens with two attached hydrogens (primary N) is 1. The summed E-state index contributed by atoms with van der Waals surface area (Å²) >= 11 is 0. The van der Waals surface area contributed by atoms with Crippen LogP contribution < -0.4 is 16.4 Å². The number of rotatable bonds is 9. The molecule has 18 heavy (non-hydrogen) atoms. The zero-order valence-corrected chi connectivity index (χ0v) is 11.8. The molecule has 5 nitrogen and oxygen atoms in total. The Labute approximate surface area is 110 Å². The van der Waals surface area contributed by atoms with Crippen molar-refractivity contribution in [1.82, 2.24) is 10.6 Å². The van der Waals surface area contributed by atoms with Gasteiger partial charge in [-0.2, -0.15) is 0 Å². The average Bonchev–Trinajstić information content (AvgIpc) is 2.25. The van der Waals surface area contributed by atoms with E-state index in [0.29, 0.717) is 31.8 Å². The minimum Gasteiger partial charge on any atom is -0.356 e. The van der Waals surface area contributed by atoms with Crippen molar-refractivity contribution in [2.45, 2.75) is 52.5 Å². The smallest absolute Gasteiger partial charge is 0.221 e. The van der Waals surface area contributed by atoms with Crippen LogP contribution in [-0.2, 0) is 9.59 Å². The third-order valence-corrected chi connectivity index (χ3v) is 2.45. The van der Waals surface area contributed by atoms with Gasteiger partial charge in [0.1, 0.15) is 0 Å². The molecule has 0 aromatic rings. The average molecular weight is 257 g/mol. The molecule has 0 heterocycles. The first-order chi connectivity index (χ1) is 8.41. The van der Waals surface area contributed by atoms with E-state index in [9.17, 15) is 9.59 Å². The molecule has 0 aliphatic heterocycles. The molecular formula is C13H27N3O2. The Hall–Kier alpha value is -1.10. The molecule has 0 bridgehead atoms. The fourth-order valence-corrected chi connectivity index (χ4v) is 1.39. The van der Waals surface area contributed by atoms with Crippen LogP contribution in [0.1, 0.15) is 46.5 Å². The minimum atomic E-state index is -0.0143. The molecule has 5 heteroatoms.